The molecule has 0 saturated carbocycles. The van der Waals surface area contributed by atoms with E-state index in [0.717, 1.165) is 42.6 Å². The molecule has 3 heterocycles. The Balaban J connectivity index is 1.63. The van der Waals surface area contributed by atoms with Gasteiger partial charge in [-0.1, -0.05) is 19.4 Å². The van der Waals surface area contributed by atoms with Crippen molar-refractivity contribution in [3.05, 3.63) is 41.6 Å². The maximum absolute atomic E-state index is 13.0. The number of aliphatic hydroxyl groups is 1. The van der Waals surface area contributed by atoms with E-state index in [1.54, 1.807) is 19.9 Å². The van der Waals surface area contributed by atoms with Crippen LogP contribution in [0.4, 0.5) is 16.3 Å². The van der Waals surface area contributed by atoms with Crippen molar-refractivity contribution in [2.24, 2.45) is 5.92 Å². The summed E-state index contributed by atoms with van der Waals surface area (Å²) >= 11 is 0. The molecule has 0 unspecified atom stereocenters. The van der Waals surface area contributed by atoms with Gasteiger partial charge >= 0.3 is 6.03 Å². The number of likely N-dealkylation sites (tertiary alicyclic amines) is 1. The largest absolute Gasteiger partial charge is 0.389 e. The lowest BCUT2D eigenvalue weighted by atomic mass is 9.99. The minimum absolute atomic E-state index is 0.0822. The first kappa shape index (κ1) is 26.9. The summed E-state index contributed by atoms with van der Waals surface area (Å²) in [7, 11) is 0. The zero-order valence-electron chi connectivity index (χ0n) is 22.3. The van der Waals surface area contributed by atoms with E-state index in [1.807, 2.05) is 36.1 Å². The van der Waals surface area contributed by atoms with Gasteiger partial charge in [0, 0.05) is 38.4 Å². The molecule has 200 valence electrons. The van der Waals surface area contributed by atoms with Crippen molar-refractivity contribution in [3.8, 4) is 11.1 Å². The molecule has 0 radical (unpaired) electrons. The third-order valence-electron chi connectivity index (χ3n) is 7.01. The van der Waals surface area contributed by atoms with Gasteiger partial charge in [0.2, 0.25) is 0 Å². The van der Waals surface area contributed by atoms with Gasteiger partial charge in [0.05, 0.1) is 18.8 Å². The highest BCUT2D eigenvalue weighted by atomic mass is 16.5. The fraction of sp³-hybridized carbons (Fsp3) is 0.536. The quantitative estimate of drug-likeness (QED) is 0.526. The maximum atomic E-state index is 13.0. The molecule has 0 bridgehead atoms. The zero-order chi connectivity index (χ0) is 26.6. The molecule has 0 spiro atoms. The van der Waals surface area contributed by atoms with E-state index < -0.39 is 5.60 Å². The van der Waals surface area contributed by atoms with Gasteiger partial charge in [-0.3, -0.25) is 4.79 Å². The van der Waals surface area contributed by atoms with Crippen LogP contribution in [-0.4, -0.2) is 78.5 Å². The lowest BCUT2D eigenvalue weighted by Crippen LogP contribution is -2.39. The van der Waals surface area contributed by atoms with E-state index in [4.69, 9.17) is 4.74 Å². The van der Waals surface area contributed by atoms with Crippen molar-refractivity contribution in [1.82, 2.24) is 15.2 Å². The fourth-order valence-corrected chi connectivity index (χ4v) is 4.69. The molecule has 1 aromatic heterocycles. The predicted octanol–water partition coefficient (Wildman–Crippen LogP) is 3.66. The van der Waals surface area contributed by atoms with Crippen LogP contribution in [0.15, 0.2) is 30.3 Å². The molecule has 4 rings (SSSR count). The number of pyridine rings is 1. The fourth-order valence-electron chi connectivity index (χ4n) is 4.69. The molecule has 1 atom stereocenters. The predicted molar refractivity (Wildman–Crippen MR) is 145 cm³/mol. The number of nitrogens with one attached hydrogen (secondary N) is 2. The van der Waals surface area contributed by atoms with Crippen LogP contribution >= 0.6 is 0 Å². The summed E-state index contributed by atoms with van der Waals surface area (Å²) in [5.74, 6) is 0.918. The van der Waals surface area contributed by atoms with E-state index >= 15 is 0 Å². The minimum Gasteiger partial charge on any atom is -0.389 e. The summed E-state index contributed by atoms with van der Waals surface area (Å²) in [5, 5.41) is 15.9. The number of hydrogen-bond acceptors (Lipinski definition) is 6. The number of ether oxygens (including phenoxy) is 1. The number of anilines is 2. The minimum atomic E-state index is -1.03. The van der Waals surface area contributed by atoms with Crippen molar-refractivity contribution in [2.75, 3.05) is 56.2 Å². The van der Waals surface area contributed by atoms with Crippen LogP contribution in [0.5, 0.6) is 0 Å². The molecule has 2 saturated heterocycles. The second-order valence-corrected chi connectivity index (χ2v) is 10.7. The molecule has 9 nitrogen and oxygen atoms in total. The number of benzene rings is 1. The van der Waals surface area contributed by atoms with Gasteiger partial charge in [-0.05, 0) is 74.1 Å². The number of urea groups is 1. The number of carbonyl (C=O) groups is 2. The first-order valence-corrected chi connectivity index (χ1v) is 13.2. The smallest absolute Gasteiger partial charge is 0.321 e. The van der Waals surface area contributed by atoms with Crippen molar-refractivity contribution in [1.29, 1.82) is 0 Å². The molecule has 3 N–H and O–H groups in total. The molecular weight excluding hydrogens is 470 g/mol. The van der Waals surface area contributed by atoms with Crippen molar-refractivity contribution >= 4 is 23.4 Å². The Morgan fingerprint density at radius 1 is 1.16 bits per heavy atom. The van der Waals surface area contributed by atoms with Crippen LogP contribution in [0.1, 0.15) is 49.7 Å². The van der Waals surface area contributed by atoms with Gasteiger partial charge < -0.3 is 30.3 Å². The summed E-state index contributed by atoms with van der Waals surface area (Å²) in [6.45, 7) is 11.7. The molecule has 2 aliphatic rings. The van der Waals surface area contributed by atoms with Gasteiger partial charge in [-0.25, -0.2) is 9.78 Å². The zero-order valence-corrected chi connectivity index (χ0v) is 22.3. The molecule has 9 heteroatoms. The number of hydrogen-bond donors (Lipinski definition) is 3. The van der Waals surface area contributed by atoms with Gasteiger partial charge in [0.25, 0.3) is 5.91 Å². The molecule has 2 aromatic rings. The number of amides is 3. The van der Waals surface area contributed by atoms with Gasteiger partial charge in [0.15, 0.2) is 0 Å². The van der Waals surface area contributed by atoms with E-state index in [1.165, 1.54) is 0 Å². The van der Waals surface area contributed by atoms with Gasteiger partial charge in [-0.2, -0.15) is 0 Å². The van der Waals surface area contributed by atoms with Crippen LogP contribution in [-0.2, 0) is 4.74 Å². The summed E-state index contributed by atoms with van der Waals surface area (Å²) in [4.78, 5) is 34.5. The Hall–Kier alpha value is -3.17. The van der Waals surface area contributed by atoms with E-state index in [0.29, 0.717) is 43.7 Å². The van der Waals surface area contributed by atoms with E-state index in [-0.39, 0.29) is 24.2 Å². The maximum Gasteiger partial charge on any atom is 0.321 e. The Morgan fingerprint density at radius 2 is 1.92 bits per heavy atom. The number of nitrogens with zero attached hydrogens (tertiary/aromatic N) is 3. The highest BCUT2D eigenvalue weighted by Crippen LogP contribution is 2.31. The SMILES string of the molecule is CC[C@@H]1CCN(C(=O)Nc2ccc(C)c(-c3cc(C(=O)NCC(C)(C)O)nc(N4CCOCC4)c3)c2)C1. The third-order valence-corrected chi connectivity index (χ3v) is 7.01. The molecule has 37 heavy (non-hydrogen) atoms. The van der Waals surface area contributed by atoms with Gasteiger partial charge in [0.1, 0.15) is 11.5 Å². The number of aryl methyl sites for hydroxylation is 1. The second-order valence-electron chi connectivity index (χ2n) is 10.7. The monoisotopic (exact) mass is 509 g/mol. The first-order chi connectivity index (χ1) is 17.6. The topological polar surface area (TPSA) is 107 Å². The molecule has 2 fully saturated rings. The van der Waals surface area contributed by atoms with Crippen LogP contribution in [0.25, 0.3) is 11.1 Å². The highest BCUT2D eigenvalue weighted by molar-refractivity contribution is 5.95. The number of aromatic nitrogens is 1. The standard InChI is InChI=1S/C28H39N5O4/c1-5-20-8-9-33(17-20)27(35)30-22-7-6-19(2)23(16-22)21-14-24(26(34)29-18-28(3,4)36)31-25(15-21)32-10-12-37-13-11-32/h6-7,14-16,20,36H,5,8-13,17-18H2,1-4H3,(H,29,34)(H,30,35)/t20-/m1/s1. The number of rotatable bonds is 7. The normalized spacial score (nSPS) is 18.1. The summed E-state index contributed by atoms with van der Waals surface area (Å²) in [6.07, 6.45) is 2.13. The second kappa shape index (κ2) is 11.5. The highest BCUT2D eigenvalue weighted by Gasteiger charge is 2.25. The number of carbonyl (C=O) groups excluding carboxylic acids is 2. The Labute approximate surface area is 219 Å². The van der Waals surface area contributed by atoms with Crippen molar-refractivity contribution in [3.63, 3.8) is 0 Å². The van der Waals surface area contributed by atoms with Crippen molar-refractivity contribution in [2.45, 2.75) is 46.1 Å². The Kier molecular flexibility index (Phi) is 8.34. The number of morpholine rings is 1. The first-order valence-electron chi connectivity index (χ1n) is 13.2. The van der Waals surface area contributed by atoms with Crippen LogP contribution in [0, 0.1) is 12.8 Å². The summed E-state index contributed by atoms with van der Waals surface area (Å²) in [5.41, 5.74) is 2.73. The summed E-state index contributed by atoms with van der Waals surface area (Å²) in [6, 6.07) is 9.51. The molecule has 3 amide bonds. The van der Waals surface area contributed by atoms with Crippen LogP contribution in [0.3, 0.4) is 0 Å². The van der Waals surface area contributed by atoms with Gasteiger partial charge in [-0.15, -0.1) is 0 Å². The third kappa shape index (κ3) is 6.99. The molecule has 2 aliphatic heterocycles. The Morgan fingerprint density at radius 3 is 2.59 bits per heavy atom. The van der Waals surface area contributed by atoms with Crippen LogP contribution in [0.2, 0.25) is 0 Å². The molecule has 1 aromatic carbocycles. The van der Waals surface area contributed by atoms with Crippen molar-refractivity contribution < 1.29 is 19.4 Å². The molecule has 0 aliphatic carbocycles. The average Bonchev–Trinajstić information content (AvgIpc) is 3.38. The summed E-state index contributed by atoms with van der Waals surface area (Å²) < 4.78 is 5.50. The van der Waals surface area contributed by atoms with E-state index in [2.05, 4.69) is 27.4 Å². The lowest BCUT2D eigenvalue weighted by molar-refractivity contribution is 0.0692. The Bertz CT molecular complexity index is 1120. The van der Waals surface area contributed by atoms with Crippen LogP contribution < -0.4 is 15.5 Å². The lowest BCUT2D eigenvalue weighted by Gasteiger charge is -2.28. The average molecular weight is 510 g/mol. The molecular formula is C28H39N5O4. The van der Waals surface area contributed by atoms with E-state index in [9.17, 15) is 14.7 Å².